The average molecular weight is 244 g/mol. The number of anilines is 1. The third kappa shape index (κ3) is 1.81. The number of nitrogens with two attached hydrogens (primary N) is 1. The SMILES string of the molecule is Nc1ccc(-c2nncn2C2CCCC2)cc1O. The molecule has 5 heteroatoms. The van der Waals surface area contributed by atoms with Gasteiger partial charge in [0.15, 0.2) is 5.82 Å². The lowest BCUT2D eigenvalue weighted by Crippen LogP contribution is -2.05. The standard InChI is InChI=1S/C13H16N4O/c14-11-6-5-9(7-12(11)18)13-16-15-8-17(13)10-3-1-2-4-10/h5-8,10,18H,1-4,14H2. The maximum atomic E-state index is 9.67. The smallest absolute Gasteiger partial charge is 0.164 e. The molecule has 1 aromatic carbocycles. The first-order valence-corrected chi connectivity index (χ1v) is 6.24. The van der Waals surface area contributed by atoms with Crippen molar-refractivity contribution in [2.75, 3.05) is 5.73 Å². The van der Waals surface area contributed by atoms with Crippen molar-refractivity contribution < 1.29 is 5.11 Å². The maximum absolute atomic E-state index is 9.67. The van der Waals surface area contributed by atoms with E-state index in [4.69, 9.17) is 5.73 Å². The second-order valence-corrected chi connectivity index (χ2v) is 4.77. The Bertz CT molecular complexity index is 558. The number of benzene rings is 1. The minimum Gasteiger partial charge on any atom is -0.506 e. The van der Waals surface area contributed by atoms with E-state index >= 15 is 0 Å². The Morgan fingerprint density at radius 2 is 2.06 bits per heavy atom. The summed E-state index contributed by atoms with van der Waals surface area (Å²) in [5.41, 5.74) is 6.84. The van der Waals surface area contributed by atoms with Crippen LogP contribution in [0.5, 0.6) is 5.75 Å². The van der Waals surface area contributed by atoms with E-state index in [0.717, 1.165) is 11.4 Å². The summed E-state index contributed by atoms with van der Waals surface area (Å²) in [4.78, 5) is 0. The topological polar surface area (TPSA) is 77.0 Å². The summed E-state index contributed by atoms with van der Waals surface area (Å²) in [5, 5.41) is 17.8. The molecule has 1 heterocycles. The third-order valence-electron chi connectivity index (χ3n) is 3.58. The highest BCUT2D eigenvalue weighted by Crippen LogP contribution is 2.34. The summed E-state index contributed by atoms with van der Waals surface area (Å²) >= 11 is 0. The van der Waals surface area contributed by atoms with Crippen LogP contribution in [-0.4, -0.2) is 19.9 Å². The van der Waals surface area contributed by atoms with E-state index in [-0.39, 0.29) is 5.75 Å². The molecular weight excluding hydrogens is 228 g/mol. The molecule has 5 nitrogen and oxygen atoms in total. The minimum atomic E-state index is 0.0912. The van der Waals surface area contributed by atoms with Gasteiger partial charge >= 0.3 is 0 Å². The molecule has 3 rings (SSSR count). The van der Waals surface area contributed by atoms with E-state index in [2.05, 4.69) is 14.8 Å². The predicted octanol–water partition coefficient (Wildman–Crippen LogP) is 2.35. The molecule has 0 radical (unpaired) electrons. The zero-order chi connectivity index (χ0) is 12.5. The molecule has 2 aromatic rings. The summed E-state index contributed by atoms with van der Waals surface area (Å²) in [7, 11) is 0. The van der Waals surface area contributed by atoms with Crippen LogP contribution in [0.4, 0.5) is 5.69 Å². The number of hydrogen-bond donors (Lipinski definition) is 2. The zero-order valence-corrected chi connectivity index (χ0v) is 10.1. The quantitative estimate of drug-likeness (QED) is 0.628. The molecule has 0 atom stereocenters. The Hall–Kier alpha value is -2.04. The highest BCUT2D eigenvalue weighted by molar-refractivity contribution is 5.65. The number of rotatable bonds is 2. The van der Waals surface area contributed by atoms with Crippen molar-refractivity contribution in [3.8, 4) is 17.1 Å². The van der Waals surface area contributed by atoms with Crippen molar-refractivity contribution in [3.63, 3.8) is 0 Å². The first-order valence-electron chi connectivity index (χ1n) is 6.24. The van der Waals surface area contributed by atoms with Crippen LogP contribution in [0, 0.1) is 0 Å². The fourth-order valence-electron chi connectivity index (χ4n) is 2.58. The number of phenols is 1. The molecule has 1 aliphatic carbocycles. The maximum Gasteiger partial charge on any atom is 0.164 e. The molecule has 0 saturated heterocycles. The van der Waals surface area contributed by atoms with Crippen LogP contribution in [0.2, 0.25) is 0 Å². The van der Waals surface area contributed by atoms with Gasteiger partial charge < -0.3 is 15.4 Å². The third-order valence-corrected chi connectivity index (χ3v) is 3.58. The van der Waals surface area contributed by atoms with Crippen molar-refractivity contribution in [1.29, 1.82) is 0 Å². The van der Waals surface area contributed by atoms with Gasteiger partial charge in [0.2, 0.25) is 0 Å². The highest BCUT2D eigenvalue weighted by atomic mass is 16.3. The Labute approximate surface area is 105 Å². The monoisotopic (exact) mass is 244 g/mol. The van der Waals surface area contributed by atoms with Crippen LogP contribution in [0.15, 0.2) is 24.5 Å². The van der Waals surface area contributed by atoms with Crippen molar-refractivity contribution >= 4 is 5.69 Å². The van der Waals surface area contributed by atoms with Gasteiger partial charge in [-0.3, -0.25) is 0 Å². The molecule has 0 unspecified atom stereocenters. The second kappa shape index (κ2) is 4.33. The number of hydrogen-bond acceptors (Lipinski definition) is 4. The lowest BCUT2D eigenvalue weighted by Gasteiger charge is -2.13. The van der Waals surface area contributed by atoms with Gasteiger partial charge in [0.05, 0.1) is 5.69 Å². The van der Waals surface area contributed by atoms with E-state index in [9.17, 15) is 5.11 Å². The molecule has 1 aliphatic rings. The normalized spacial score (nSPS) is 16.2. The van der Waals surface area contributed by atoms with Gasteiger partial charge in [-0.2, -0.15) is 0 Å². The van der Waals surface area contributed by atoms with Crippen molar-refractivity contribution in [2.24, 2.45) is 0 Å². The Morgan fingerprint density at radius 1 is 1.28 bits per heavy atom. The van der Waals surface area contributed by atoms with Gasteiger partial charge in [-0.1, -0.05) is 12.8 Å². The summed E-state index contributed by atoms with van der Waals surface area (Å²) in [6, 6.07) is 5.68. The Kier molecular flexibility index (Phi) is 2.66. The summed E-state index contributed by atoms with van der Waals surface area (Å²) < 4.78 is 2.11. The van der Waals surface area contributed by atoms with Crippen LogP contribution in [0.25, 0.3) is 11.4 Å². The Morgan fingerprint density at radius 3 is 2.78 bits per heavy atom. The molecule has 1 saturated carbocycles. The van der Waals surface area contributed by atoms with E-state index < -0.39 is 0 Å². The van der Waals surface area contributed by atoms with Crippen molar-refractivity contribution in [3.05, 3.63) is 24.5 Å². The summed E-state index contributed by atoms with van der Waals surface area (Å²) in [6.45, 7) is 0. The van der Waals surface area contributed by atoms with E-state index in [1.54, 1.807) is 18.5 Å². The Balaban J connectivity index is 2.00. The fraction of sp³-hybridized carbons (Fsp3) is 0.385. The first kappa shape index (κ1) is 11.1. The zero-order valence-electron chi connectivity index (χ0n) is 10.1. The first-order chi connectivity index (χ1) is 8.75. The van der Waals surface area contributed by atoms with Crippen LogP contribution in [-0.2, 0) is 0 Å². The lowest BCUT2D eigenvalue weighted by molar-refractivity contribution is 0.478. The van der Waals surface area contributed by atoms with Crippen LogP contribution in [0.1, 0.15) is 31.7 Å². The van der Waals surface area contributed by atoms with Crippen molar-refractivity contribution in [1.82, 2.24) is 14.8 Å². The fourth-order valence-corrected chi connectivity index (χ4v) is 2.58. The molecule has 0 aliphatic heterocycles. The highest BCUT2D eigenvalue weighted by Gasteiger charge is 2.20. The molecular formula is C13H16N4O. The average Bonchev–Trinajstić information content (AvgIpc) is 3.00. The van der Waals surface area contributed by atoms with Gasteiger partial charge in [0, 0.05) is 11.6 Å². The number of nitrogens with zero attached hydrogens (tertiary/aromatic N) is 3. The minimum absolute atomic E-state index is 0.0912. The van der Waals surface area contributed by atoms with E-state index in [1.807, 2.05) is 6.07 Å². The largest absolute Gasteiger partial charge is 0.506 e. The molecule has 0 amide bonds. The number of aromatic nitrogens is 3. The molecule has 0 spiro atoms. The summed E-state index contributed by atoms with van der Waals surface area (Å²) in [5.74, 6) is 0.894. The van der Waals surface area contributed by atoms with Gasteiger partial charge in [-0.05, 0) is 31.0 Å². The van der Waals surface area contributed by atoms with Crippen LogP contribution < -0.4 is 5.73 Å². The molecule has 1 aromatic heterocycles. The van der Waals surface area contributed by atoms with E-state index in [0.29, 0.717) is 11.7 Å². The molecule has 18 heavy (non-hydrogen) atoms. The lowest BCUT2D eigenvalue weighted by atomic mass is 10.1. The van der Waals surface area contributed by atoms with Gasteiger partial charge in [-0.25, -0.2) is 0 Å². The molecule has 94 valence electrons. The number of phenolic OH excluding ortho intramolecular Hbond substituents is 1. The predicted molar refractivity (Wildman–Crippen MR) is 69.0 cm³/mol. The molecule has 1 fully saturated rings. The second-order valence-electron chi connectivity index (χ2n) is 4.77. The number of aromatic hydroxyl groups is 1. The van der Waals surface area contributed by atoms with Gasteiger partial charge in [0.25, 0.3) is 0 Å². The number of nitrogen functional groups attached to an aromatic ring is 1. The van der Waals surface area contributed by atoms with E-state index in [1.165, 1.54) is 25.7 Å². The van der Waals surface area contributed by atoms with Crippen LogP contribution in [0.3, 0.4) is 0 Å². The molecule has 0 bridgehead atoms. The van der Waals surface area contributed by atoms with Crippen molar-refractivity contribution in [2.45, 2.75) is 31.7 Å². The van der Waals surface area contributed by atoms with Crippen LogP contribution >= 0.6 is 0 Å². The van der Waals surface area contributed by atoms with Gasteiger partial charge in [-0.15, -0.1) is 10.2 Å². The molecule has 3 N–H and O–H groups in total. The summed E-state index contributed by atoms with van der Waals surface area (Å²) in [6.07, 6.45) is 6.64. The van der Waals surface area contributed by atoms with Gasteiger partial charge in [0.1, 0.15) is 12.1 Å².